The molecule has 22 heavy (non-hydrogen) atoms. The van der Waals surface area contributed by atoms with E-state index in [1.807, 2.05) is 4.68 Å². The lowest BCUT2D eigenvalue weighted by atomic mass is 10.2. The summed E-state index contributed by atoms with van der Waals surface area (Å²) >= 11 is 0. The van der Waals surface area contributed by atoms with Gasteiger partial charge in [-0.05, 0) is 31.3 Å². The largest absolute Gasteiger partial charge is 0.369 e. The van der Waals surface area contributed by atoms with E-state index in [4.69, 9.17) is 0 Å². The van der Waals surface area contributed by atoms with E-state index >= 15 is 0 Å². The minimum atomic E-state index is 0.836. The van der Waals surface area contributed by atoms with E-state index < -0.39 is 0 Å². The first kappa shape index (κ1) is 13.2. The number of fused-ring (bicyclic) bond motifs is 1. The second-order valence-electron chi connectivity index (χ2n) is 5.66. The maximum Gasteiger partial charge on any atom is 0.166 e. The topological polar surface area (TPSA) is 50.1 Å². The van der Waals surface area contributed by atoms with Gasteiger partial charge in [-0.2, -0.15) is 5.10 Å². The first-order valence-electron chi connectivity index (χ1n) is 7.49. The molecule has 0 unspecified atom stereocenters. The summed E-state index contributed by atoms with van der Waals surface area (Å²) in [6.07, 6.45) is 5.13. The van der Waals surface area contributed by atoms with Crippen LogP contribution >= 0.6 is 0 Å². The number of piperazine rings is 1. The molecule has 0 spiro atoms. The second-order valence-corrected chi connectivity index (χ2v) is 5.66. The summed E-state index contributed by atoms with van der Waals surface area (Å²) in [6.45, 7) is 4.38. The minimum Gasteiger partial charge on any atom is -0.369 e. The van der Waals surface area contributed by atoms with Crippen molar-refractivity contribution in [3.63, 3.8) is 0 Å². The molecule has 0 saturated carbocycles. The van der Waals surface area contributed by atoms with Crippen molar-refractivity contribution in [3.05, 3.63) is 43.0 Å². The Morgan fingerprint density at radius 3 is 2.41 bits per heavy atom. The van der Waals surface area contributed by atoms with Crippen LogP contribution in [0.25, 0.3) is 16.7 Å². The zero-order valence-corrected chi connectivity index (χ0v) is 12.6. The van der Waals surface area contributed by atoms with Gasteiger partial charge in [0.2, 0.25) is 0 Å². The monoisotopic (exact) mass is 294 g/mol. The zero-order valence-electron chi connectivity index (χ0n) is 12.6. The van der Waals surface area contributed by atoms with Gasteiger partial charge in [0, 0.05) is 38.1 Å². The predicted octanol–water partition coefficient (Wildman–Crippen LogP) is 1.57. The van der Waals surface area contributed by atoms with Gasteiger partial charge in [-0.3, -0.25) is 0 Å². The summed E-state index contributed by atoms with van der Waals surface area (Å²) in [5.74, 6) is 0. The van der Waals surface area contributed by atoms with Crippen molar-refractivity contribution in [2.24, 2.45) is 0 Å². The lowest BCUT2D eigenvalue weighted by molar-refractivity contribution is 0.313. The Kier molecular flexibility index (Phi) is 3.23. The van der Waals surface area contributed by atoms with Crippen molar-refractivity contribution in [3.8, 4) is 5.69 Å². The standard InChI is InChI=1S/C16H18N6/c1-20-6-8-21(9-7-20)14-2-4-15(5-3-14)22-16-13(11-19-22)10-17-12-18-16/h2-5,10-12H,6-9H2,1H3. The molecule has 0 atom stereocenters. The molecule has 3 heterocycles. The van der Waals surface area contributed by atoms with E-state index in [9.17, 15) is 0 Å². The van der Waals surface area contributed by atoms with Crippen molar-refractivity contribution in [1.29, 1.82) is 0 Å². The molecule has 6 nitrogen and oxygen atoms in total. The molecule has 0 N–H and O–H groups in total. The number of hydrogen-bond donors (Lipinski definition) is 0. The fraction of sp³-hybridized carbons (Fsp3) is 0.312. The van der Waals surface area contributed by atoms with E-state index in [1.54, 1.807) is 18.7 Å². The zero-order chi connectivity index (χ0) is 14.9. The molecule has 1 aliphatic heterocycles. The highest BCUT2D eigenvalue weighted by Gasteiger charge is 2.14. The highest BCUT2D eigenvalue weighted by molar-refractivity contribution is 5.75. The number of aromatic nitrogens is 4. The van der Waals surface area contributed by atoms with E-state index in [0.29, 0.717) is 0 Å². The summed E-state index contributed by atoms with van der Waals surface area (Å²) in [5.41, 5.74) is 3.12. The van der Waals surface area contributed by atoms with Crippen LogP contribution in [0.4, 0.5) is 5.69 Å². The molecule has 6 heteroatoms. The van der Waals surface area contributed by atoms with Crippen molar-refractivity contribution in [2.75, 3.05) is 38.1 Å². The van der Waals surface area contributed by atoms with Gasteiger partial charge < -0.3 is 9.80 Å². The molecule has 112 valence electrons. The molecule has 0 radical (unpaired) electrons. The van der Waals surface area contributed by atoms with Crippen LogP contribution in [-0.4, -0.2) is 57.9 Å². The van der Waals surface area contributed by atoms with Crippen molar-refractivity contribution >= 4 is 16.7 Å². The van der Waals surface area contributed by atoms with Gasteiger partial charge in [0.1, 0.15) is 6.33 Å². The number of anilines is 1. The SMILES string of the molecule is CN1CCN(c2ccc(-n3ncc4cncnc43)cc2)CC1. The number of benzene rings is 1. The summed E-state index contributed by atoms with van der Waals surface area (Å²) in [7, 11) is 2.17. The van der Waals surface area contributed by atoms with Gasteiger partial charge in [0.15, 0.2) is 5.65 Å². The van der Waals surface area contributed by atoms with Crippen LogP contribution in [0.15, 0.2) is 43.0 Å². The number of nitrogens with zero attached hydrogens (tertiary/aromatic N) is 6. The molecule has 1 fully saturated rings. The van der Waals surface area contributed by atoms with Crippen molar-refractivity contribution in [2.45, 2.75) is 0 Å². The molecular formula is C16H18N6. The van der Waals surface area contributed by atoms with E-state index in [-0.39, 0.29) is 0 Å². The third-order valence-electron chi connectivity index (χ3n) is 4.19. The Morgan fingerprint density at radius 1 is 0.909 bits per heavy atom. The summed E-state index contributed by atoms with van der Waals surface area (Å²) in [5, 5.41) is 5.36. The van der Waals surface area contributed by atoms with Crippen molar-refractivity contribution in [1.82, 2.24) is 24.6 Å². The highest BCUT2D eigenvalue weighted by Crippen LogP contribution is 2.20. The molecule has 0 amide bonds. The summed E-state index contributed by atoms with van der Waals surface area (Å²) in [4.78, 5) is 13.1. The van der Waals surface area contributed by atoms with Gasteiger partial charge >= 0.3 is 0 Å². The first-order valence-corrected chi connectivity index (χ1v) is 7.49. The molecule has 3 aromatic rings. The van der Waals surface area contributed by atoms with Gasteiger partial charge in [-0.25, -0.2) is 14.6 Å². The highest BCUT2D eigenvalue weighted by atomic mass is 15.3. The fourth-order valence-corrected chi connectivity index (χ4v) is 2.83. The van der Waals surface area contributed by atoms with Gasteiger partial charge in [0.05, 0.1) is 17.3 Å². The molecule has 0 aliphatic carbocycles. The maximum absolute atomic E-state index is 4.41. The average Bonchev–Trinajstić information content (AvgIpc) is 3.00. The van der Waals surface area contributed by atoms with E-state index in [1.165, 1.54) is 5.69 Å². The normalized spacial score (nSPS) is 16.3. The average molecular weight is 294 g/mol. The lowest BCUT2D eigenvalue weighted by Crippen LogP contribution is -2.44. The third kappa shape index (κ3) is 2.31. The molecule has 1 saturated heterocycles. The third-order valence-corrected chi connectivity index (χ3v) is 4.19. The fourth-order valence-electron chi connectivity index (χ4n) is 2.83. The van der Waals surface area contributed by atoms with Crippen LogP contribution in [0.5, 0.6) is 0 Å². The molecule has 2 aromatic heterocycles. The number of likely N-dealkylation sites (N-methyl/N-ethyl adjacent to an activating group) is 1. The van der Waals surface area contributed by atoms with Gasteiger partial charge in [0.25, 0.3) is 0 Å². The van der Waals surface area contributed by atoms with Crippen LogP contribution in [0, 0.1) is 0 Å². The molecule has 0 bridgehead atoms. The second kappa shape index (κ2) is 5.38. The smallest absolute Gasteiger partial charge is 0.166 e. The molecular weight excluding hydrogens is 276 g/mol. The van der Waals surface area contributed by atoms with Crippen LogP contribution in [0.1, 0.15) is 0 Å². The Hall–Kier alpha value is -2.47. The molecule has 1 aromatic carbocycles. The van der Waals surface area contributed by atoms with Crippen LogP contribution in [-0.2, 0) is 0 Å². The number of rotatable bonds is 2. The van der Waals surface area contributed by atoms with E-state index in [0.717, 1.165) is 42.9 Å². The predicted molar refractivity (Wildman–Crippen MR) is 86.4 cm³/mol. The van der Waals surface area contributed by atoms with Gasteiger partial charge in [-0.15, -0.1) is 0 Å². The quantitative estimate of drug-likeness (QED) is 0.718. The van der Waals surface area contributed by atoms with Crippen LogP contribution in [0.2, 0.25) is 0 Å². The van der Waals surface area contributed by atoms with Crippen LogP contribution in [0.3, 0.4) is 0 Å². The summed E-state index contributed by atoms with van der Waals surface area (Å²) in [6, 6.07) is 8.52. The molecule has 1 aliphatic rings. The molecule has 4 rings (SSSR count). The van der Waals surface area contributed by atoms with Crippen molar-refractivity contribution < 1.29 is 0 Å². The maximum atomic E-state index is 4.41. The first-order chi connectivity index (χ1) is 10.8. The lowest BCUT2D eigenvalue weighted by Gasteiger charge is -2.34. The van der Waals surface area contributed by atoms with Gasteiger partial charge in [-0.1, -0.05) is 0 Å². The Balaban J connectivity index is 1.62. The Labute approximate surface area is 129 Å². The minimum absolute atomic E-state index is 0.836. The Bertz CT molecular complexity index is 771. The van der Waals surface area contributed by atoms with E-state index in [2.05, 4.69) is 56.2 Å². The van der Waals surface area contributed by atoms with Crippen LogP contribution < -0.4 is 4.90 Å². The number of hydrogen-bond acceptors (Lipinski definition) is 5. The summed E-state index contributed by atoms with van der Waals surface area (Å²) < 4.78 is 1.85. The Morgan fingerprint density at radius 2 is 1.64 bits per heavy atom.